The third-order valence-electron chi connectivity index (χ3n) is 2.72. The lowest BCUT2D eigenvalue weighted by molar-refractivity contribution is -0.659. The molecule has 0 saturated carbocycles. The molecular formula is C13H18N3+. The maximum atomic E-state index is 4.41. The highest BCUT2D eigenvalue weighted by Crippen LogP contribution is 2.12. The first-order valence-corrected chi connectivity index (χ1v) is 5.79. The molecule has 0 amide bonds. The molecule has 2 heterocycles. The smallest absolute Gasteiger partial charge is 0.248 e. The summed E-state index contributed by atoms with van der Waals surface area (Å²) in [4.78, 5) is 4.41. The molecular weight excluding hydrogens is 198 g/mol. The SMILES string of the molecule is CCCCn1cc[n+](C)c1-c1ccccn1. The number of aromatic nitrogens is 3. The lowest BCUT2D eigenvalue weighted by Gasteiger charge is -2.01. The normalized spacial score (nSPS) is 10.6. The van der Waals surface area contributed by atoms with E-state index in [1.54, 1.807) is 0 Å². The molecule has 0 saturated heterocycles. The highest BCUT2D eigenvalue weighted by Gasteiger charge is 2.17. The first-order valence-electron chi connectivity index (χ1n) is 5.79. The van der Waals surface area contributed by atoms with Crippen LogP contribution >= 0.6 is 0 Å². The Hall–Kier alpha value is -1.64. The number of aryl methyl sites for hydroxylation is 2. The van der Waals surface area contributed by atoms with E-state index in [0.29, 0.717) is 0 Å². The summed E-state index contributed by atoms with van der Waals surface area (Å²) in [6.07, 6.45) is 8.46. The molecule has 0 aliphatic carbocycles. The highest BCUT2D eigenvalue weighted by molar-refractivity contribution is 5.45. The number of hydrogen-bond donors (Lipinski definition) is 0. The van der Waals surface area contributed by atoms with Crippen LogP contribution in [-0.4, -0.2) is 9.55 Å². The molecule has 3 heteroatoms. The predicted molar refractivity (Wildman–Crippen MR) is 63.7 cm³/mol. The van der Waals surface area contributed by atoms with E-state index in [2.05, 4.69) is 46.5 Å². The average molecular weight is 216 g/mol. The molecule has 0 aliphatic rings. The summed E-state index contributed by atoms with van der Waals surface area (Å²) in [5.41, 5.74) is 1.03. The molecule has 0 radical (unpaired) electrons. The Balaban J connectivity index is 2.35. The second-order valence-electron chi connectivity index (χ2n) is 3.99. The van der Waals surface area contributed by atoms with Crippen molar-refractivity contribution in [2.75, 3.05) is 0 Å². The largest absolute Gasteiger partial charge is 0.307 e. The quantitative estimate of drug-likeness (QED) is 0.718. The van der Waals surface area contributed by atoms with Crippen LogP contribution in [0.4, 0.5) is 0 Å². The van der Waals surface area contributed by atoms with E-state index in [1.807, 2.05) is 18.3 Å². The average Bonchev–Trinajstić information content (AvgIpc) is 2.69. The zero-order valence-corrected chi connectivity index (χ0v) is 9.93. The first-order chi connectivity index (χ1) is 7.83. The van der Waals surface area contributed by atoms with Crippen molar-refractivity contribution < 1.29 is 4.57 Å². The Bertz CT molecular complexity index is 445. The van der Waals surface area contributed by atoms with Gasteiger partial charge in [0.15, 0.2) is 5.69 Å². The van der Waals surface area contributed by atoms with Gasteiger partial charge >= 0.3 is 5.82 Å². The van der Waals surface area contributed by atoms with Crippen LogP contribution in [0.3, 0.4) is 0 Å². The molecule has 0 unspecified atom stereocenters. The van der Waals surface area contributed by atoms with Gasteiger partial charge < -0.3 is 0 Å². The van der Waals surface area contributed by atoms with Crippen LogP contribution in [0.2, 0.25) is 0 Å². The summed E-state index contributed by atoms with van der Waals surface area (Å²) >= 11 is 0. The fourth-order valence-electron chi connectivity index (χ4n) is 1.86. The van der Waals surface area contributed by atoms with Crippen LogP contribution in [-0.2, 0) is 13.6 Å². The van der Waals surface area contributed by atoms with Crippen molar-refractivity contribution in [2.45, 2.75) is 26.3 Å². The van der Waals surface area contributed by atoms with Crippen molar-refractivity contribution in [3.63, 3.8) is 0 Å². The summed E-state index contributed by atoms with van der Waals surface area (Å²) < 4.78 is 4.39. The molecule has 3 nitrogen and oxygen atoms in total. The minimum atomic E-state index is 1.03. The molecule has 84 valence electrons. The van der Waals surface area contributed by atoms with E-state index in [1.165, 1.54) is 18.7 Å². The van der Waals surface area contributed by atoms with Gasteiger partial charge in [0.25, 0.3) is 0 Å². The van der Waals surface area contributed by atoms with Crippen LogP contribution in [0.15, 0.2) is 36.8 Å². The Morgan fingerprint density at radius 1 is 1.38 bits per heavy atom. The molecule has 0 spiro atoms. The van der Waals surface area contributed by atoms with Gasteiger partial charge in [0.05, 0.1) is 13.6 Å². The van der Waals surface area contributed by atoms with Crippen molar-refractivity contribution in [3.05, 3.63) is 36.8 Å². The van der Waals surface area contributed by atoms with Crippen molar-refractivity contribution in [1.29, 1.82) is 0 Å². The molecule has 0 aliphatic heterocycles. The van der Waals surface area contributed by atoms with Gasteiger partial charge in [0.2, 0.25) is 0 Å². The second-order valence-corrected chi connectivity index (χ2v) is 3.99. The molecule has 2 rings (SSSR count). The number of rotatable bonds is 4. The molecule has 0 aromatic carbocycles. The Morgan fingerprint density at radius 2 is 2.25 bits per heavy atom. The summed E-state index contributed by atoms with van der Waals surface area (Å²) in [6, 6.07) is 6.03. The molecule has 2 aromatic heterocycles. The monoisotopic (exact) mass is 216 g/mol. The van der Waals surface area contributed by atoms with Crippen LogP contribution in [0.1, 0.15) is 19.8 Å². The van der Waals surface area contributed by atoms with Crippen molar-refractivity contribution in [1.82, 2.24) is 9.55 Å². The maximum Gasteiger partial charge on any atom is 0.307 e. The summed E-state index contributed by atoms with van der Waals surface area (Å²) in [6.45, 7) is 3.27. The Kier molecular flexibility index (Phi) is 3.34. The summed E-state index contributed by atoms with van der Waals surface area (Å²) in [5.74, 6) is 1.18. The lowest BCUT2D eigenvalue weighted by Crippen LogP contribution is -2.29. The lowest BCUT2D eigenvalue weighted by atomic mass is 10.3. The van der Waals surface area contributed by atoms with E-state index in [0.717, 1.165) is 12.2 Å². The molecule has 0 bridgehead atoms. The second kappa shape index (κ2) is 4.92. The van der Waals surface area contributed by atoms with Crippen molar-refractivity contribution in [3.8, 4) is 11.5 Å². The Labute approximate surface area is 96.4 Å². The minimum Gasteiger partial charge on any atom is -0.248 e. The van der Waals surface area contributed by atoms with Crippen molar-refractivity contribution in [2.24, 2.45) is 7.05 Å². The van der Waals surface area contributed by atoms with Gasteiger partial charge in [-0.05, 0) is 18.6 Å². The molecule has 16 heavy (non-hydrogen) atoms. The van der Waals surface area contributed by atoms with Gasteiger partial charge in [-0.25, -0.2) is 14.1 Å². The number of hydrogen-bond acceptors (Lipinski definition) is 1. The van der Waals surface area contributed by atoms with E-state index in [4.69, 9.17) is 0 Å². The number of nitrogens with zero attached hydrogens (tertiary/aromatic N) is 3. The van der Waals surface area contributed by atoms with Gasteiger partial charge in [-0.2, -0.15) is 0 Å². The number of imidazole rings is 1. The van der Waals surface area contributed by atoms with Gasteiger partial charge in [0.1, 0.15) is 12.4 Å². The maximum absolute atomic E-state index is 4.41. The third kappa shape index (κ3) is 2.13. The predicted octanol–water partition coefficient (Wildman–Crippen LogP) is 2.17. The number of pyridine rings is 1. The van der Waals surface area contributed by atoms with Crippen LogP contribution in [0.25, 0.3) is 11.5 Å². The fourth-order valence-corrected chi connectivity index (χ4v) is 1.86. The van der Waals surface area contributed by atoms with Gasteiger partial charge in [-0.1, -0.05) is 19.4 Å². The summed E-state index contributed by atoms with van der Waals surface area (Å²) in [5, 5.41) is 0. The van der Waals surface area contributed by atoms with E-state index in [9.17, 15) is 0 Å². The minimum absolute atomic E-state index is 1.03. The van der Waals surface area contributed by atoms with Gasteiger partial charge in [0, 0.05) is 6.20 Å². The third-order valence-corrected chi connectivity index (χ3v) is 2.72. The zero-order valence-electron chi connectivity index (χ0n) is 9.93. The Morgan fingerprint density at radius 3 is 2.94 bits per heavy atom. The van der Waals surface area contributed by atoms with Crippen LogP contribution in [0.5, 0.6) is 0 Å². The standard InChI is InChI=1S/C13H18N3/c1-3-4-9-16-11-10-15(2)13(16)12-7-5-6-8-14-12/h5-8,10-11H,3-4,9H2,1-2H3/q+1. The van der Waals surface area contributed by atoms with Gasteiger partial charge in [-0.15, -0.1) is 0 Å². The van der Waals surface area contributed by atoms with E-state index >= 15 is 0 Å². The molecule has 0 N–H and O–H groups in total. The van der Waals surface area contributed by atoms with E-state index in [-0.39, 0.29) is 0 Å². The molecule has 0 atom stereocenters. The van der Waals surface area contributed by atoms with Crippen LogP contribution in [0, 0.1) is 0 Å². The highest BCUT2D eigenvalue weighted by atomic mass is 15.1. The molecule has 2 aromatic rings. The van der Waals surface area contributed by atoms with Crippen LogP contribution < -0.4 is 4.57 Å². The summed E-state index contributed by atoms with van der Waals surface area (Å²) in [7, 11) is 2.06. The topological polar surface area (TPSA) is 21.7 Å². The first kappa shape index (κ1) is 10.9. The van der Waals surface area contributed by atoms with E-state index < -0.39 is 0 Å². The van der Waals surface area contributed by atoms with Gasteiger partial charge in [-0.3, -0.25) is 0 Å². The zero-order chi connectivity index (χ0) is 11.4. The van der Waals surface area contributed by atoms with Crippen molar-refractivity contribution >= 4 is 0 Å². The number of unbranched alkanes of at least 4 members (excludes halogenated alkanes) is 1. The molecule has 0 fully saturated rings. The fraction of sp³-hybridized carbons (Fsp3) is 0.385.